The van der Waals surface area contributed by atoms with Crippen molar-refractivity contribution in [2.45, 2.75) is 12.5 Å². The number of carbonyl (C=O) groups excluding carboxylic acids is 2. The Morgan fingerprint density at radius 3 is 2.67 bits per heavy atom. The number of rotatable bonds is 6. The number of hydrogen-bond acceptors (Lipinski definition) is 5. The molecule has 0 saturated carbocycles. The molecule has 0 aliphatic carbocycles. The number of carboxylic acid groups (broad SMARTS) is 1. The number of piperazine rings is 1. The number of carbonyl (C=O) groups is 3. The summed E-state index contributed by atoms with van der Waals surface area (Å²) >= 11 is 0. The fourth-order valence-corrected chi connectivity index (χ4v) is 2.31. The van der Waals surface area contributed by atoms with Crippen LogP contribution in [0.15, 0.2) is 0 Å². The minimum atomic E-state index is -3.34. The molecule has 0 spiro atoms. The minimum Gasteiger partial charge on any atom is -0.481 e. The van der Waals surface area contributed by atoms with Gasteiger partial charge >= 0.3 is 12.0 Å². The van der Waals surface area contributed by atoms with E-state index in [-0.39, 0.29) is 26.2 Å². The summed E-state index contributed by atoms with van der Waals surface area (Å²) in [4.78, 5) is 35.4. The first kappa shape index (κ1) is 17.2. The minimum absolute atomic E-state index is 0.00814. The molecule has 0 radical (unpaired) electrons. The summed E-state index contributed by atoms with van der Waals surface area (Å²) in [5, 5.41) is 13.7. The van der Waals surface area contributed by atoms with Crippen molar-refractivity contribution in [3.8, 4) is 0 Å². The molecular weight excluding hydrogens is 304 g/mol. The molecule has 4 N–H and O–H groups in total. The molecule has 1 aliphatic rings. The van der Waals surface area contributed by atoms with Crippen LogP contribution < -0.4 is 15.4 Å². The highest BCUT2D eigenvalue weighted by Crippen LogP contribution is 2.09. The molecule has 0 aromatic carbocycles. The van der Waals surface area contributed by atoms with Crippen LogP contribution in [0.3, 0.4) is 0 Å². The lowest BCUT2D eigenvalue weighted by molar-refractivity contribution is -0.142. The Labute approximate surface area is 121 Å². The van der Waals surface area contributed by atoms with Crippen molar-refractivity contribution in [1.82, 2.24) is 20.3 Å². The summed E-state index contributed by atoms with van der Waals surface area (Å²) in [6.07, 6.45) is 0.507. The van der Waals surface area contributed by atoms with Crippen LogP contribution >= 0.6 is 0 Å². The van der Waals surface area contributed by atoms with E-state index in [4.69, 9.17) is 5.11 Å². The topological polar surface area (TPSA) is 145 Å². The van der Waals surface area contributed by atoms with Gasteiger partial charge in [-0.15, -0.1) is 0 Å². The zero-order chi connectivity index (χ0) is 16.0. The molecule has 10 nitrogen and oxygen atoms in total. The van der Waals surface area contributed by atoms with E-state index in [1.165, 1.54) is 0 Å². The Balaban J connectivity index is 2.53. The van der Waals surface area contributed by atoms with Gasteiger partial charge in [0.2, 0.25) is 15.9 Å². The molecule has 1 fully saturated rings. The SMILES string of the molecule is CS(=O)(=O)NCCNC(=O)N1CCNC(=O)C1CC(=O)O. The van der Waals surface area contributed by atoms with Crippen LogP contribution in [0.5, 0.6) is 0 Å². The number of sulfonamides is 1. The van der Waals surface area contributed by atoms with E-state index >= 15 is 0 Å². The van der Waals surface area contributed by atoms with Crippen LogP contribution in [0.4, 0.5) is 4.79 Å². The maximum atomic E-state index is 11.9. The van der Waals surface area contributed by atoms with Crippen molar-refractivity contribution in [2.24, 2.45) is 0 Å². The van der Waals surface area contributed by atoms with Crippen LogP contribution in [-0.4, -0.2) is 74.8 Å². The maximum absolute atomic E-state index is 11.9. The van der Waals surface area contributed by atoms with Crippen LogP contribution in [-0.2, 0) is 19.6 Å². The van der Waals surface area contributed by atoms with Crippen LogP contribution in [0.25, 0.3) is 0 Å². The molecule has 1 rings (SSSR count). The Hall–Kier alpha value is -1.88. The summed E-state index contributed by atoms with van der Waals surface area (Å²) in [6.45, 7) is 0.469. The number of nitrogens with zero attached hydrogens (tertiary/aromatic N) is 1. The molecule has 0 aromatic heterocycles. The molecule has 0 bridgehead atoms. The molecule has 1 heterocycles. The van der Waals surface area contributed by atoms with E-state index < -0.39 is 40.4 Å². The van der Waals surface area contributed by atoms with Gasteiger partial charge in [0, 0.05) is 26.2 Å². The molecule has 1 unspecified atom stereocenters. The average molecular weight is 322 g/mol. The van der Waals surface area contributed by atoms with E-state index in [0.29, 0.717) is 0 Å². The van der Waals surface area contributed by atoms with Gasteiger partial charge in [-0.3, -0.25) is 9.59 Å². The Morgan fingerprint density at radius 1 is 1.43 bits per heavy atom. The van der Waals surface area contributed by atoms with Gasteiger partial charge in [-0.1, -0.05) is 0 Å². The monoisotopic (exact) mass is 322 g/mol. The van der Waals surface area contributed by atoms with Crippen molar-refractivity contribution < 1.29 is 27.9 Å². The molecule has 11 heteroatoms. The highest BCUT2D eigenvalue weighted by Gasteiger charge is 2.34. The molecule has 1 aliphatic heterocycles. The Bertz CT molecular complexity index is 520. The lowest BCUT2D eigenvalue weighted by Crippen LogP contribution is -2.60. The van der Waals surface area contributed by atoms with E-state index in [9.17, 15) is 22.8 Å². The molecule has 120 valence electrons. The number of nitrogens with one attached hydrogen (secondary N) is 3. The lowest BCUT2D eigenvalue weighted by Gasteiger charge is -2.34. The summed E-state index contributed by atoms with van der Waals surface area (Å²) in [5.41, 5.74) is 0. The number of amides is 3. The molecule has 0 aromatic rings. The first-order valence-electron chi connectivity index (χ1n) is 6.19. The van der Waals surface area contributed by atoms with Gasteiger partial charge in [-0.05, 0) is 0 Å². The third kappa shape index (κ3) is 5.95. The van der Waals surface area contributed by atoms with Crippen LogP contribution in [0.2, 0.25) is 0 Å². The highest BCUT2D eigenvalue weighted by atomic mass is 32.2. The Kier molecular flexibility index (Phi) is 5.90. The van der Waals surface area contributed by atoms with Gasteiger partial charge in [-0.2, -0.15) is 0 Å². The van der Waals surface area contributed by atoms with Gasteiger partial charge in [0.05, 0.1) is 12.7 Å². The third-order valence-electron chi connectivity index (χ3n) is 2.73. The smallest absolute Gasteiger partial charge is 0.318 e. The summed E-state index contributed by atoms with van der Waals surface area (Å²) in [7, 11) is -3.34. The number of carboxylic acids is 1. The maximum Gasteiger partial charge on any atom is 0.318 e. The van der Waals surface area contributed by atoms with Crippen LogP contribution in [0, 0.1) is 0 Å². The molecule has 3 amide bonds. The van der Waals surface area contributed by atoms with Crippen molar-refractivity contribution >= 4 is 27.9 Å². The van der Waals surface area contributed by atoms with Crippen molar-refractivity contribution in [3.63, 3.8) is 0 Å². The predicted molar refractivity (Wildman–Crippen MR) is 72.0 cm³/mol. The van der Waals surface area contributed by atoms with Crippen molar-refractivity contribution in [3.05, 3.63) is 0 Å². The van der Waals surface area contributed by atoms with E-state index in [2.05, 4.69) is 15.4 Å². The van der Waals surface area contributed by atoms with Gasteiger partial charge in [0.15, 0.2) is 0 Å². The lowest BCUT2D eigenvalue weighted by atomic mass is 10.1. The zero-order valence-electron chi connectivity index (χ0n) is 11.5. The largest absolute Gasteiger partial charge is 0.481 e. The summed E-state index contributed by atoms with van der Waals surface area (Å²) in [5.74, 6) is -1.71. The number of hydrogen-bond donors (Lipinski definition) is 4. The first-order valence-corrected chi connectivity index (χ1v) is 8.08. The van der Waals surface area contributed by atoms with Gasteiger partial charge in [0.25, 0.3) is 0 Å². The first-order chi connectivity index (χ1) is 9.70. The Morgan fingerprint density at radius 2 is 2.10 bits per heavy atom. The van der Waals surface area contributed by atoms with Crippen molar-refractivity contribution in [1.29, 1.82) is 0 Å². The highest BCUT2D eigenvalue weighted by molar-refractivity contribution is 7.88. The van der Waals surface area contributed by atoms with Gasteiger partial charge in [-0.25, -0.2) is 17.9 Å². The summed E-state index contributed by atoms with van der Waals surface area (Å²) in [6, 6.07) is -1.68. The molecule has 1 saturated heterocycles. The molecule has 21 heavy (non-hydrogen) atoms. The second kappa shape index (κ2) is 7.22. The summed E-state index contributed by atoms with van der Waals surface area (Å²) < 4.78 is 23.9. The predicted octanol–water partition coefficient (Wildman–Crippen LogP) is -2.48. The fraction of sp³-hybridized carbons (Fsp3) is 0.700. The molecular formula is C10H18N4O6S. The quantitative estimate of drug-likeness (QED) is 0.398. The van der Waals surface area contributed by atoms with Crippen molar-refractivity contribution in [2.75, 3.05) is 32.4 Å². The normalized spacial score (nSPS) is 19.0. The van der Waals surface area contributed by atoms with Crippen LogP contribution in [0.1, 0.15) is 6.42 Å². The second-order valence-electron chi connectivity index (χ2n) is 4.50. The fourth-order valence-electron chi connectivity index (χ4n) is 1.83. The number of aliphatic carboxylic acids is 1. The number of urea groups is 1. The van der Waals surface area contributed by atoms with E-state index in [0.717, 1.165) is 11.2 Å². The molecule has 1 atom stereocenters. The second-order valence-corrected chi connectivity index (χ2v) is 6.33. The average Bonchev–Trinajstić information content (AvgIpc) is 2.35. The van der Waals surface area contributed by atoms with Gasteiger partial charge in [0.1, 0.15) is 6.04 Å². The van der Waals surface area contributed by atoms with E-state index in [1.807, 2.05) is 0 Å². The zero-order valence-corrected chi connectivity index (χ0v) is 12.3. The third-order valence-corrected chi connectivity index (χ3v) is 3.45. The van der Waals surface area contributed by atoms with E-state index in [1.54, 1.807) is 0 Å². The van der Waals surface area contributed by atoms with Gasteiger partial charge < -0.3 is 20.6 Å². The standard InChI is InChI=1S/C10H18N4O6S/c1-21(19,20)13-3-2-12-10(18)14-5-4-11-9(17)7(14)6-8(15)16/h7,13H,2-6H2,1H3,(H,11,17)(H,12,18)(H,15,16).